The van der Waals surface area contributed by atoms with E-state index < -0.39 is 31.9 Å². The average Bonchev–Trinajstić information content (AvgIpc) is 2.95. The minimum Gasteiger partial charge on any atom is -0.479 e. The number of hydrogen-bond acceptors (Lipinski definition) is 5. The highest BCUT2D eigenvalue weighted by atomic mass is 32.2. The monoisotopic (exact) mass is 614 g/mol. The first-order chi connectivity index (χ1) is 19.8. The Kier molecular flexibility index (Phi) is 22.9. The molecule has 0 aliphatic heterocycles. The molecule has 6 nitrogen and oxygen atoms in total. The molecule has 0 aliphatic rings. The maximum atomic E-state index is 12.3. The SMILES string of the molecule is CCCCCCCCCCCSCCCCCCCC(c1ccccc1)C(C)OC(CP(=O)(O)OCCC)C(=O)O. The molecule has 1 aromatic carbocycles. The molecule has 0 bridgehead atoms. The molecule has 0 aliphatic carbocycles. The number of carboxylic acid groups (broad SMARTS) is 1. The third-order valence-corrected chi connectivity index (χ3v) is 10.1. The molecule has 0 radical (unpaired) electrons. The lowest BCUT2D eigenvalue weighted by atomic mass is 9.88. The standard InChI is InChI=1S/C33H59O6PS/c1-4-6-7-8-9-10-11-14-20-26-41-27-21-15-12-13-19-24-31(30-22-17-16-18-23-30)29(3)39-32(33(34)35)28-40(36,37)38-25-5-2/h16-18,22-23,29,31-32H,4-15,19-21,24-28H2,1-3H3,(H,34,35)(H,36,37). The smallest absolute Gasteiger partial charge is 0.333 e. The van der Waals surface area contributed by atoms with Crippen molar-refractivity contribution < 1.29 is 28.6 Å². The predicted octanol–water partition coefficient (Wildman–Crippen LogP) is 9.85. The van der Waals surface area contributed by atoms with Crippen molar-refractivity contribution in [3.63, 3.8) is 0 Å². The number of rotatable bonds is 28. The fourth-order valence-electron chi connectivity index (χ4n) is 5.12. The Morgan fingerprint density at radius 2 is 1.37 bits per heavy atom. The zero-order valence-corrected chi connectivity index (χ0v) is 27.9. The number of benzene rings is 1. The van der Waals surface area contributed by atoms with Gasteiger partial charge in [-0.25, -0.2) is 4.79 Å². The van der Waals surface area contributed by atoms with Gasteiger partial charge < -0.3 is 19.3 Å². The van der Waals surface area contributed by atoms with Crippen molar-refractivity contribution in [2.45, 2.75) is 142 Å². The third-order valence-electron chi connectivity index (χ3n) is 7.54. The topological polar surface area (TPSA) is 93.1 Å². The number of unbranched alkanes of at least 4 members (excludes halogenated alkanes) is 12. The summed E-state index contributed by atoms with van der Waals surface area (Å²) in [5.41, 5.74) is 1.10. The molecule has 238 valence electrons. The molecule has 0 amide bonds. The first kappa shape index (κ1) is 38.2. The molecule has 4 unspecified atom stereocenters. The van der Waals surface area contributed by atoms with E-state index in [1.807, 2.05) is 44.2 Å². The zero-order chi connectivity index (χ0) is 30.2. The van der Waals surface area contributed by atoms with Crippen LogP contribution in [0.1, 0.15) is 135 Å². The summed E-state index contributed by atoms with van der Waals surface area (Å²) < 4.78 is 23.3. The highest BCUT2D eigenvalue weighted by Crippen LogP contribution is 2.43. The summed E-state index contributed by atoms with van der Waals surface area (Å²) in [6.45, 7) is 6.08. The average molecular weight is 615 g/mol. The second-order valence-corrected chi connectivity index (χ2v) is 14.5. The fourth-order valence-corrected chi connectivity index (χ4v) is 7.37. The summed E-state index contributed by atoms with van der Waals surface area (Å²) in [4.78, 5) is 21.9. The van der Waals surface area contributed by atoms with Crippen LogP contribution in [0.3, 0.4) is 0 Å². The number of carboxylic acids is 1. The summed E-state index contributed by atoms with van der Waals surface area (Å²) in [6.07, 6.45) is 17.5. The molecule has 41 heavy (non-hydrogen) atoms. The van der Waals surface area contributed by atoms with E-state index in [0.717, 1.165) is 24.8 Å². The third kappa shape index (κ3) is 19.9. The highest BCUT2D eigenvalue weighted by molar-refractivity contribution is 7.99. The van der Waals surface area contributed by atoms with E-state index in [4.69, 9.17) is 9.26 Å². The van der Waals surface area contributed by atoms with Gasteiger partial charge in [0.05, 0.1) is 18.9 Å². The first-order valence-electron chi connectivity index (χ1n) is 16.3. The molecule has 0 saturated heterocycles. The van der Waals surface area contributed by atoms with E-state index in [-0.39, 0.29) is 12.5 Å². The largest absolute Gasteiger partial charge is 0.479 e. The van der Waals surface area contributed by atoms with Crippen LogP contribution in [-0.4, -0.2) is 52.5 Å². The van der Waals surface area contributed by atoms with Gasteiger partial charge in [-0.15, -0.1) is 0 Å². The van der Waals surface area contributed by atoms with Crippen molar-refractivity contribution in [1.29, 1.82) is 0 Å². The Morgan fingerprint density at radius 1 is 0.829 bits per heavy atom. The minimum atomic E-state index is -4.04. The summed E-state index contributed by atoms with van der Waals surface area (Å²) in [7, 11) is -4.04. The van der Waals surface area contributed by atoms with Gasteiger partial charge in [0.1, 0.15) is 0 Å². The normalized spacial score (nSPS) is 15.3. The predicted molar refractivity (Wildman–Crippen MR) is 174 cm³/mol. The number of carbonyl (C=O) groups is 1. The van der Waals surface area contributed by atoms with E-state index in [2.05, 4.69) is 18.7 Å². The van der Waals surface area contributed by atoms with Gasteiger partial charge in [0.15, 0.2) is 6.10 Å². The molecule has 8 heteroatoms. The van der Waals surface area contributed by atoms with Crippen LogP contribution >= 0.6 is 19.4 Å². The van der Waals surface area contributed by atoms with Crippen molar-refractivity contribution in [2.75, 3.05) is 24.3 Å². The van der Waals surface area contributed by atoms with E-state index >= 15 is 0 Å². The Labute approximate surface area is 255 Å². The van der Waals surface area contributed by atoms with Crippen molar-refractivity contribution in [2.24, 2.45) is 0 Å². The lowest BCUT2D eigenvalue weighted by Gasteiger charge is -2.28. The van der Waals surface area contributed by atoms with Gasteiger partial charge in [0.2, 0.25) is 0 Å². The molecule has 4 atom stereocenters. The van der Waals surface area contributed by atoms with Crippen LogP contribution in [0.4, 0.5) is 0 Å². The van der Waals surface area contributed by atoms with Crippen LogP contribution in [0.2, 0.25) is 0 Å². The second-order valence-electron chi connectivity index (χ2n) is 11.3. The van der Waals surface area contributed by atoms with Crippen LogP contribution in [0.5, 0.6) is 0 Å². The van der Waals surface area contributed by atoms with Crippen LogP contribution in [0.15, 0.2) is 30.3 Å². The molecule has 2 N–H and O–H groups in total. The van der Waals surface area contributed by atoms with Gasteiger partial charge in [0.25, 0.3) is 0 Å². The van der Waals surface area contributed by atoms with Crippen molar-refractivity contribution >= 4 is 25.3 Å². The van der Waals surface area contributed by atoms with Gasteiger partial charge >= 0.3 is 13.6 Å². The van der Waals surface area contributed by atoms with Crippen LogP contribution in [0, 0.1) is 0 Å². The fraction of sp³-hybridized carbons (Fsp3) is 0.788. The van der Waals surface area contributed by atoms with Gasteiger partial charge in [-0.1, -0.05) is 121 Å². The molecule has 1 rings (SSSR count). The van der Waals surface area contributed by atoms with E-state index in [1.54, 1.807) is 0 Å². The number of thioether (sulfide) groups is 1. The Bertz CT molecular complexity index is 808. The Morgan fingerprint density at radius 3 is 1.90 bits per heavy atom. The lowest BCUT2D eigenvalue weighted by Crippen LogP contribution is -2.34. The summed E-state index contributed by atoms with van der Waals surface area (Å²) in [5.74, 6) is 1.32. The molecule has 1 aromatic rings. The van der Waals surface area contributed by atoms with Crippen molar-refractivity contribution in [1.82, 2.24) is 0 Å². The molecule has 0 aromatic heterocycles. The highest BCUT2D eigenvalue weighted by Gasteiger charge is 2.33. The van der Waals surface area contributed by atoms with Crippen molar-refractivity contribution in [3.8, 4) is 0 Å². The maximum absolute atomic E-state index is 12.3. The zero-order valence-electron chi connectivity index (χ0n) is 26.1. The molecule has 0 saturated carbocycles. The molecule has 0 fully saturated rings. The van der Waals surface area contributed by atoms with Crippen LogP contribution < -0.4 is 0 Å². The summed E-state index contributed by atoms with van der Waals surface area (Å²) in [5, 5.41) is 9.68. The Balaban J connectivity index is 2.32. The summed E-state index contributed by atoms with van der Waals surface area (Å²) in [6, 6.07) is 10.0. The van der Waals surface area contributed by atoms with E-state index in [9.17, 15) is 19.4 Å². The molecule has 0 heterocycles. The van der Waals surface area contributed by atoms with Crippen LogP contribution in [0.25, 0.3) is 0 Å². The molecular formula is C33H59O6PS. The first-order valence-corrected chi connectivity index (χ1v) is 19.2. The van der Waals surface area contributed by atoms with Gasteiger partial charge in [-0.2, -0.15) is 11.8 Å². The molecular weight excluding hydrogens is 555 g/mol. The quantitative estimate of drug-likeness (QED) is 0.0717. The van der Waals surface area contributed by atoms with Gasteiger partial charge in [-0.3, -0.25) is 4.57 Å². The maximum Gasteiger partial charge on any atom is 0.333 e. The van der Waals surface area contributed by atoms with Gasteiger partial charge in [0, 0.05) is 5.92 Å². The van der Waals surface area contributed by atoms with E-state index in [1.165, 1.54) is 88.6 Å². The second kappa shape index (κ2) is 24.6. The van der Waals surface area contributed by atoms with Gasteiger partial charge in [-0.05, 0) is 49.7 Å². The minimum absolute atomic E-state index is 0.0135. The van der Waals surface area contributed by atoms with Crippen molar-refractivity contribution in [3.05, 3.63) is 35.9 Å². The van der Waals surface area contributed by atoms with Crippen LogP contribution in [-0.2, 0) is 18.6 Å². The number of ether oxygens (including phenoxy) is 1. The molecule has 0 spiro atoms. The number of hydrogen-bond donors (Lipinski definition) is 2. The Hall–Kier alpha value is -0.850. The van der Waals surface area contributed by atoms with E-state index in [0.29, 0.717) is 6.42 Å². The summed E-state index contributed by atoms with van der Waals surface area (Å²) >= 11 is 2.10. The number of aliphatic carboxylic acids is 1. The lowest BCUT2D eigenvalue weighted by molar-refractivity contribution is -0.153.